The van der Waals surface area contributed by atoms with Crippen molar-refractivity contribution in [1.82, 2.24) is 4.90 Å². The zero-order valence-corrected chi connectivity index (χ0v) is 15.8. The average molecular weight is 351 g/mol. The average Bonchev–Trinajstić information content (AvgIpc) is 2.61. The Morgan fingerprint density at radius 3 is 2.62 bits per heavy atom. The SMILES string of the molecule is C[C@H](N)c1ccc(CN2CCc3cc(OCC4CCC4)ccc3C2)cc1. The maximum absolute atomic E-state index is 6.01. The summed E-state index contributed by atoms with van der Waals surface area (Å²) < 4.78 is 6.01. The van der Waals surface area contributed by atoms with Crippen molar-refractivity contribution in [2.24, 2.45) is 11.7 Å². The van der Waals surface area contributed by atoms with Crippen molar-refractivity contribution in [1.29, 1.82) is 0 Å². The van der Waals surface area contributed by atoms with Crippen molar-refractivity contribution in [3.8, 4) is 5.75 Å². The lowest BCUT2D eigenvalue weighted by atomic mass is 9.86. The number of hydrogen-bond acceptors (Lipinski definition) is 3. The summed E-state index contributed by atoms with van der Waals surface area (Å²) in [5, 5.41) is 0. The van der Waals surface area contributed by atoms with Gasteiger partial charge in [0.1, 0.15) is 5.75 Å². The van der Waals surface area contributed by atoms with Crippen LogP contribution in [0.5, 0.6) is 5.75 Å². The fourth-order valence-electron chi connectivity index (χ4n) is 3.87. The van der Waals surface area contributed by atoms with Crippen LogP contribution >= 0.6 is 0 Å². The molecular weight excluding hydrogens is 320 g/mol. The number of rotatable bonds is 6. The molecule has 1 fully saturated rings. The first kappa shape index (κ1) is 17.6. The Balaban J connectivity index is 1.35. The molecule has 1 aliphatic heterocycles. The standard InChI is InChI=1S/C23H30N2O/c1-17(24)20-7-5-18(6-8-20)14-25-12-11-21-13-23(10-9-22(21)15-25)26-16-19-3-2-4-19/h5-10,13,17,19H,2-4,11-12,14-16,24H2,1H3/t17-/m0/s1. The maximum Gasteiger partial charge on any atom is 0.119 e. The molecule has 2 aromatic carbocycles. The third-order valence-electron chi connectivity index (χ3n) is 5.89. The zero-order chi connectivity index (χ0) is 17.9. The van der Waals surface area contributed by atoms with Crippen LogP contribution in [0.2, 0.25) is 0 Å². The van der Waals surface area contributed by atoms with E-state index >= 15 is 0 Å². The minimum absolute atomic E-state index is 0.103. The third kappa shape index (κ3) is 4.11. The van der Waals surface area contributed by atoms with E-state index in [1.54, 1.807) is 0 Å². The lowest BCUT2D eigenvalue weighted by molar-refractivity contribution is 0.180. The van der Waals surface area contributed by atoms with Gasteiger partial charge in [0.05, 0.1) is 6.61 Å². The van der Waals surface area contributed by atoms with E-state index in [1.165, 1.54) is 41.5 Å². The van der Waals surface area contributed by atoms with Crippen molar-refractivity contribution in [3.63, 3.8) is 0 Å². The predicted molar refractivity (Wildman–Crippen MR) is 106 cm³/mol. The minimum Gasteiger partial charge on any atom is -0.493 e. The van der Waals surface area contributed by atoms with Crippen molar-refractivity contribution in [3.05, 3.63) is 64.7 Å². The quantitative estimate of drug-likeness (QED) is 0.837. The first-order chi connectivity index (χ1) is 12.7. The number of fused-ring (bicyclic) bond motifs is 1. The Morgan fingerprint density at radius 1 is 1.12 bits per heavy atom. The normalized spacial score (nSPS) is 18.8. The second kappa shape index (κ2) is 7.81. The van der Waals surface area contributed by atoms with Crippen LogP contribution < -0.4 is 10.5 Å². The van der Waals surface area contributed by atoms with Gasteiger partial charge in [-0.1, -0.05) is 36.8 Å². The highest BCUT2D eigenvalue weighted by Crippen LogP contribution is 2.29. The van der Waals surface area contributed by atoms with Crippen LogP contribution in [0, 0.1) is 5.92 Å². The summed E-state index contributed by atoms with van der Waals surface area (Å²) in [6.45, 7) is 6.04. The molecule has 4 rings (SSSR count). The van der Waals surface area contributed by atoms with Gasteiger partial charge in [0.25, 0.3) is 0 Å². The van der Waals surface area contributed by atoms with Crippen LogP contribution in [-0.2, 0) is 19.5 Å². The fraction of sp³-hybridized carbons (Fsp3) is 0.478. The number of hydrogen-bond donors (Lipinski definition) is 1. The fourth-order valence-corrected chi connectivity index (χ4v) is 3.87. The van der Waals surface area contributed by atoms with E-state index in [2.05, 4.69) is 47.4 Å². The molecule has 0 bridgehead atoms. The largest absolute Gasteiger partial charge is 0.493 e. The Morgan fingerprint density at radius 2 is 1.92 bits per heavy atom. The summed E-state index contributed by atoms with van der Waals surface area (Å²) in [6, 6.07) is 15.5. The van der Waals surface area contributed by atoms with Crippen molar-refractivity contribution >= 4 is 0 Å². The smallest absolute Gasteiger partial charge is 0.119 e. The molecule has 2 N–H and O–H groups in total. The van der Waals surface area contributed by atoms with Crippen LogP contribution in [0.4, 0.5) is 0 Å². The molecule has 1 aliphatic carbocycles. The molecule has 0 aromatic heterocycles. The van der Waals surface area contributed by atoms with E-state index < -0.39 is 0 Å². The highest BCUT2D eigenvalue weighted by molar-refractivity contribution is 5.37. The molecule has 3 nitrogen and oxygen atoms in total. The Bertz CT molecular complexity index is 734. The monoisotopic (exact) mass is 350 g/mol. The molecule has 0 unspecified atom stereocenters. The molecule has 1 saturated carbocycles. The van der Waals surface area contributed by atoms with Gasteiger partial charge in [-0.05, 0) is 66.5 Å². The Kier molecular flexibility index (Phi) is 5.28. The van der Waals surface area contributed by atoms with Gasteiger partial charge in [0.15, 0.2) is 0 Å². The van der Waals surface area contributed by atoms with E-state index in [-0.39, 0.29) is 6.04 Å². The first-order valence-corrected chi connectivity index (χ1v) is 9.99. The van der Waals surface area contributed by atoms with Crippen molar-refractivity contribution in [2.45, 2.75) is 51.7 Å². The van der Waals surface area contributed by atoms with E-state index in [0.29, 0.717) is 0 Å². The molecule has 1 heterocycles. The topological polar surface area (TPSA) is 38.5 Å². The summed E-state index contributed by atoms with van der Waals surface area (Å²) in [4.78, 5) is 2.53. The molecule has 0 saturated heterocycles. The van der Waals surface area contributed by atoms with Crippen LogP contribution in [-0.4, -0.2) is 18.1 Å². The summed E-state index contributed by atoms with van der Waals surface area (Å²) >= 11 is 0. The van der Waals surface area contributed by atoms with Crippen LogP contribution in [0.15, 0.2) is 42.5 Å². The van der Waals surface area contributed by atoms with E-state index in [0.717, 1.165) is 44.3 Å². The summed E-state index contributed by atoms with van der Waals surface area (Å²) in [7, 11) is 0. The van der Waals surface area contributed by atoms with E-state index in [9.17, 15) is 0 Å². The van der Waals surface area contributed by atoms with Crippen molar-refractivity contribution < 1.29 is 4.74 Å². The molecule has 26 heavy (non-hydrogen) atoms. The second-order valence-corrected chi connectivity index (χ2v) is 8.03. The summed E-state index contributed by atoms with van der Waals surface area (Å²) in [6.07, 6.45) is 5.16. The van der Waals surface area contributed by atoms with Crippen LogP contribution in [0.1, 0.15) is 54.5 Å². The van der Waals surface area contributed by atoms with Gasteiger partial charge in [-0.25, -0.2) is 0 Å². The second-order valence-electron chi connectivity index (χ2n) is 8.03. The molecule has 2 aliphatic rings. The third-order valence-corrected chi connectivity index (χ3v) is 5.89. The number of nitrogens with two attached hydrogens (primary N) is 1. The highest BCUT2D eigenvalue weighted by atomic mass is 16.5. The number of ether oxygens (including phenoxy) is 1. The molecule has 2 aromatic rings. The lowest BCUT2D eigenvalue weighted by Gasteiger charge is -2.29. The van der Waals surface area contributed by atoms with Gasteiger partial charge in [-0.3, -0.25) is 4.90 Å². The van der Waals surface area contributed by atoms with E-state index in [4.69, 9.17) is 10.5 Å². The minimum atomic E-state index is 0.103. The van der Waals surface area contributed by atoms with Gasteiger partial charge in [0.2, 0.25) is 0 Å². The molecule has 0 radical (unpaired) electrons. The molecule has 1 atom stereocenters. The molecule has 138 valence electrons. The van der Waals surface area contributed by atoms with Gasteiger partial charge < -0.3 is 10.5 Å². The predicted octanol–water partition coefficient (Wildman–Crippen LogP) is 4.44. The van der Waals surface area contributed by atoms with Crippen LogP contribution in [0.3, 0.4) is 0 Å². The highest BCUT2D eigenvalue weighted by Gasteiger charge is 2.19. The van der Waals surface area contributed by atoms with E-state index in [1.807, 2.05) is 6.92 Å². The number of nitrogens with zero attached hydrogens (tertiary/aromatic N) is 1. The zero-order valence-electron chi connectivity index (χ0n) is 15.8. The van der Waals surface area contributed by atoms with Crippen LogP contribution in [0.25, 0.3) is 0 Å². The van der Waals surface area contributed by atoms with Gasteiger partial charge >= 0.3 is 0 Å². The van der Waals surface area contributed by atoms with Gasteiger partial charge in [-0.2, -0.15) is 0 Å². The van der Waals surface area contributed by atoms with Gasteiger partial charge in [-0.15, -0.1) is 0 Å². The molecule has 0 amide bonds. The lowest BCUT2D eigenvalue weighted by Crippen LogP contribution is -2.30. The Labute approximate surface area is 157 Å². The van der Waals surface area contributed by atoms with Gasteiger partial charge in [0, 0.05) is 25.7 Å². The molecule has 0 spiro atoms. The molecule has 3 heteroatoms. The van der Waals surface area contributed by atoms with Crippen molar-refractivity contribution in [2.75, 3.05) is 13.2 Å². The maximum atomic E-state index is 6.01. The molecular formula is C23H30N2O. The summed E-state index contributed by atoms with van der Waals surface area (Å²) in [5.74, 6) is 1.84. The number of benzene rings is 2. The first-order valence-electron chi connectivity index (χ1n) is 9.99. The summed E-state index contributed by atoms with van der Waals surface area (Å²) in [5.41, 5.74) is 11.4. The Hall–Kier alpha value is -1.84.